The number of nitro groups is 1. The molecule has 1 N–H and O–H groups in total. The standard InChI is InChI=1S/C16H14BrN3O5/c1-24-14-8-15(25-2)13(17)7-11(14)9-18-19-16(21)10-4-3-5-12(6-10)20(22)23/h3-9H,1-2H3,(H,19,21)/b18-9-. The Morgan fingerprint density at radius 2 is 1.96 bits per heavy atom. The lowest BCUT2D eigenvalue weighted by molar-refractivity contribution is -0.384. The normalized spacial score (nSPS) is 10.5. The van der Waals surface area contributed by atoms with E-state index in [-0.39, 0.29) is 11.3 Å². The number of nitrogens with one attached hydrogen (secondary N) is 1. The van der Waals surface area contributed by atoms with Crippen molar-refractivity contribution in [3.63, 3.8) is 0 Å². The molecule has 0 bridgehead atoms. The van der Waals surface area contributed by atoms with Crippen LogP contribution in [0.2, 0.25) is 0 Å². The first-order valence-corrected chi connectivity index (χ1v) is 7.75. The van der Waals surface area contributed by atoms with Crippen molar-refractivity contribution in [1.29, 1.82) is 0 Å². The molecule has 0 fully saturated rings. The monoisotopic (exact) mass is 407 g/mol. The Labute approximate surface area is 151 Å². The van der Waals surface area contributed by atoms with Gasteiger partial charge in [0, 0.05) is 29.3 Å². The molecule has 8 nitrogen and oxygen atoms in total. The smallest absolute Gasteiger partial charge is 0.271 e. The van der Waals surface area contributed by atoms with E-state index in [1.54, 1.807) is 12.1 Å². The first-order valence-electron chi connectivity index (χ1n) is 6.95. The molecule has 0 atom stereocenters. The van der Waals surface area contributed by atoms with E-state index in [0.717, 1.165) is 0 Å². The molecule has 0 radical (unpaired) electrons. The van der Waals surface area contributed by atoms with Crippen LogP contribution in [0.1, 0.15) is 15.9 Å². The van der Waals surface area contributed by atoms with Crippen molar-refractivity contribution in [2.24, 2.45) is 5.10 Å². The van der Waals surface area contributed by atoms with Crippen molar-refractivity contribution in [2.45, 2.75) is 0 Å². The molecule has 0 unspecified atom stereocenters. The van der Waals surface area contributed by atoms with Gasteiger partial charge in [0.2, 0.25) is 0 Å². The third-order valence-corrected chi connectivity index (χ3v) is 3.81. The summed E-state index contributed by atoms with van der Waals surface area (Å²) in [7, 11) is 3.04. The van der Waals surface area contributed by atoms with Crippen molar-refractivity contribution >= 4 is 33.7 Å². The van der Waals surface area contributed by atoms with E-state index >= 15 is 0 Å². The summed E-state index contributed by atoms with van der Waals surface area (Å²) in [6, 6.07) is 8.77. The quantitative estimate of drug-likeness (QED) is 0.450. The Hall–Kier alpha value is -2.94. The molecule has 1 amide bonds. The van der Waals surface area contributed by atoms with Crippen LogP contribution >= 0.6 is 15.9 Å². The van der Waals surface area contributed by atoms with Crippen molar-refractivity contribution < 1.29 is 19.2 Å². The van der Waals surface area contributed by atoms with Gasteiger partial charge in [-0.15, -0.1) is 0 Å². The number of hydrogen-bond donors (Lipinski definition) is 1. The molecule has 0 heterocycles. The highest BCUT2D eigenvalue weighted by molar-refractivity contribution is 9.10. The summed E-state index contributed by atoms with van der Waals surface area (Å²) in [5, 5.41) is 14.6. The first-order chi connectivity index (χ1) is 12.0. The van der Waals surface area contributed by atoms with Crippen molar-refractivity contribution in [1.82, 2.24) is 5.43 Å². The number of ether oxygens (including phenoxy) is 2. The Kier molecular flexibility index (Phi) is 6.07. The lowest BCUT2D eigenvalue weighted by atomic mass is 10.2. The molecule has 2 aromatic carbocycles. The molecule has 0 aromatic heterocycles. The molecule has 0 aliphatic rings. The topological polar surface area (TPSA) is 103 Å². The summed E-state index contributed by atoms with van der Waals surface area (Å²) in [4.78, 5) is 22.2. The fourth-order valence-electron chi connectivity index (χ4n) is 1.97. The number of hydrogen-bond acceptors (Lipinski definition) is 6. The van der Waals surface area contributed by atoms with Crippen molar-refractivity contribution in [3.8, 4) is 11.5 Å². The minimum atomic E-state index is -0.570. The Morgan fingerprint density at radius 1 is 1.24 bits per heavy atom. The molecular formula is C16H14BrN3O5. The maximum absolute atomic E-state index is 12.0. The second-order valence-corrected chi connectivity index (χ2v) is 5.59. The zero-order valence-corrected chi connectivity index (χ0v) is 14.9. The number of carbonyl (C=O) groups excluding carboxylic acids is 1. The maximum atomic E-state index is 12.0. The molecule has 9 heteroatoms. The van der Waals surface area contributed by atoms with Crippen LogP contribution in [0.5, 0.6) is 11.5 Å². The van der Waals surface area contributed by atoms with E-state index in [1.807, 2.05) is 0 Å². The molecule has 0 aliphatic heterocycles. The number of halogens is 1. The maximum Gasteiger partial charge on any atom is 0.271 e. The summed E-state index contributed by atoms with van der Waals surface area (Å²) in [6.45, 7) is 0. The summed E-state index contributed by atoms with van der Waals surface area (Å²) in [5.41, 5.74) is 2.89. The van der Waals surface area contributed by atoms with E-state index < -0.39 is 10.8 Å². The lowest BCUT2D eigenvalue weighted by Crippen LogP contribution is -2.17. The lowest BCUT2D eigenvalue weighted by Gasteiger charge is -2.09. The van der Waals surface area contributed by atoms with Crippen LogP contribution in [-0.4, -0.2) is 31.3 Å². The summed E-state index contributed by atoms with van der Waals surface area (Å²) in [6.07, 6.45) is 1.40. The van der Waals surface area contributed by atoms with Gasteiger partial charge in [-0.2, -0.15) is 5.10 Å². The largest absolute Gasteiger partial charge is 0.496 e. The van der Waals surface area contributed by atoms with Crippen LogP contribution in [0.3, 0.4) is 0 Å². The molecule has 0 aliphatic carbocycles. The number of nitrogens with zero attached hydrogens (tertiary/aromatic N) is 2. The van der Waals surface area contributed by atoms with Gasteiger partial charge in [0.05, 0.1) is 29.8 Å². The van der Waals surface area contributed by atoms with Gasteiger partial charge in [-0.1, -0.05) is 6.07 Å². The van der Waals surface area contributed by atoms with Gasteiger partial charge in [-0.3, -0.25) is 14.9 Å². The predicted molar refractivity (Wildman–Crippen MR) is 95.4 cm³/mol. The van der Waals surface area contributed by atoms with Crippen LogP contribution in [0.25, 0.3) is 0 Å². The van der Waals surface area contributed by atoms with E-state index in [9.17, 15) is 14.9 Å². The molecule has 130 valence electrons. The Balaban J connectivity index is 2.15. The highest BCUT2D eigenvalue weighted by Gasteiger charge is 2.11. The van der Waals surface area contributed by atoms with Gasteiger partial charge in [-0.25, -0.2) is 5.43 Å². The highest BCUT2D eigenvalue weighted by atomic mass is 79.9. The summed E-state index contributed by atoms with van der Waals surface area (Å²) >= 11 is 3.36. The van der Waals surface area contributed by atoms with Crippen molar-refractivity contribution in [3.05, 3.63) is 62.1 Å². The molecule has 0 saturated carbocycles. The second kappa shape index (κ2) is 8.25. The number of hydrazone groups is 1. The molecule has 0 spiro atoms. The Morgan fingerprint density at radius 3 is 2.60 bits per heavy atom. The number of nitro benzene ring substituents is 1. The first kappa shape index (κ1) is 18.4. The number of amides is 1. The minimum absolute atomic E-state index is 0.134. The SMILES string of the molecule is COc1cc(OC)c(/C=N\NC(=O)c2cccc([N+](=O)[O-])c2)cc1Br. The van der Waals surface area contributed by atoms with E-state index in [4.69, 9.17) is 9.47 Å². The highest BCUT2D eigenvalue weighted by Crippen LogP contribution is 2.31. The molecule has 25 heavy (non-hydrogen) atoms. The third-order valence-electron chi connectivity index (χ3n) is 3.19. The summed E-state index contributed by atoms with van der Waals surface area (Å²) in [5.74, 6) is 0.537. The number of benzene rings is 2. The average molecular weight is 408 g/mol. The molecule has 2 aromatic rings. The van der Waals surface area contributed by atoms with Gasteiger partial charge in [0.15, 0.2) is 0 Å². The van der Waals surface area contributed by atoms with Gasteiger partial charge < -0.3 is 9.47 Å². The second-order valence-electron chi connectivity index (χ2n) is 4.74. The fraction of sp³-hybridized carbons (Fsp3) is 0.125. The molecular weight excluding hydrogens is 394 g/mol. The van der Waals surface area contributed by atoms with E-state index in [2.05, 4.69) is 26.5 Å². The predicted octanol–water partition coefficient (Wildman–Crippen LogP) is 3.14. The minimum Gasteiger partial charge on any atom is -0.496 e. The van der Waals surface area contributed by atoms with Crippen molar-refractivity contribution in [2.75, 3.05) is 14.2 Å². The van der Waals surface area contributed by atoms with E-state index in [1.165, 1.54) is 44.7 Å². The van der Waals surface area contributed by atoms with Crippen LogP contribution in [0, 0.1) is 10.1 Å². The van der Waals surface area contributed by atoms with Gasteiger partial charge in [-0.05, 0) is 28.1 Å². The van der Waals surface area contributed by atoms with E-state index in [0.29, 0.717) is 21.5 Å². The van der Waals surface area contributed by atoms with Crippen LogP contribution in [0.15, 0.2) is 46.0 Å². The molecule has 2 rings (SSSR count). The molecule has 0 saturated heterocycles. The van der Waals surface area contributed by atoms with Crippen LogP contribution < -0.4 is 14.9 Å². The van der Waals surface area contributed by atoms with Crippen LogP contribution in [-0.2, 0) is 0 Å². The number of methoxy groups -OCH3 is 2. The Bertz CT molecular complexity index is 839. The van der Waals surface area contributed by atoms with Gasteiger partial charge >= 0.3 is 0 Å². The summed E-state index contributed by atoms with van der Waals surface area (Å²) < 4.78 is 11.1. The zero-order chi connectivity index (χ0) is 18.4. The number of non-ortho nitro benzene ring substituents is 1. The zero-order valence-electron chi connectivity index (χ0n) is 13.4. The number of carbonyl (C=O) groups is 1. The number of rotatable bonds is 6. The van der Waals surface area contributed by atoms with Gasteiger partial charge in [0.25, 0.3) is 11.6 Å². The average Bonchev–Trinajstić information content (AvgIpc) is 2.61. The third kappa shape index (κ3) is 4.54. The van der Waals surface area contributed by atoms with Crippen LogP contribution in [0.4, 0.5) is 5.69 Å². The fourth-order valence-corrected chi connectivity index (χ4v) is 2.49. The van der Waals surface area contributed by atoms with Gasteiger partial charge in [0.1, 0.15) is 11.5 Å².